The lowest BCUT2D eigenvalue weighted by Crippen LogP contribution is -2.29. The number of carbonyl (C=O) groups excluding carboxylic acids is 2. The van der Waals surface area contributed by atoms with Crippen LogP contribution in [0.25, 0.3) is 0 Å². The van der Waals surface area contributed by atoms with E-state index < -0.39 is 17.5 Å². The van der Waals surface area contributed by atoms with Gasteiger partial charge in [-0.05, 0) is 12.1 Å². The summed E-state index contributed by atoms with van der Waals surface area (Å²) in [5.74, 6) is -2.30. The van der Waals surface area contributed by atoms with Crippen molar-refractivity contribution in [1.29, 1.82) is 0 Å². The van der Waals surface area contributed by atoms with Gasteiger partial charge in [0.25, 0.3) is 11.7 Å². The molecule has 0 unspecified atom stereocenters. The van der Waals surface area contributed by atoms with Crippen molar-refractivity contribution in [3.05, 3.63) is 46.6 Å². The van der Waals surface area contributed by atoms with E-state index >= 15 is 0 Å². The van der Waals surface area contributed by atoms with E-state index in [1.807, 2.05) is 0 Å². The molecule has 1 amide bonds. The predicted octanol–water partition coefficient (Wildman–Crippen LogP) is 2.20. The van der Waals surface area contributed by atoms with E-state index in [0.29, 0.717) is 5.56 Å². The number of nitrogens with zero attached hydrogens (tertiary/aromatic N) is 2. The highest BCUT2D eigenvalue weighted by Crippen LogP contribution is 2.37. The van der Waals surface area contributed by atoms with Gasteiger partial charge < -0.3 is 4.52 Å². The minimum atomic E-state index is -0.816. The zero-order chi connectivity index (χ0) is 13.6. The number of fused-ring (bicyclic) bond motifs is 1. The zero-order valence-electron chi connectivity index (χ0n) is 9.39. The number of carbonyl (C=O) groups is 2. The van der Waals surface area contributed by atoms with Crippen molar-refractivity contribution >= 4 is 29.0 Å². The van der Waals surface area contributed by atoms with Gasteiger partial charge in [-0.25, -0.2) is 4.39 Å². The van der Waals surface area contributed by atoms with Gasteiger partial charge in [-0.15, -0.1) is 0 Å². The van der Waals surface area contributed by atoms with E-state index in [2.05, 4.69) is 9.68 Å². The lowest BCUT2D eigenvalue weighted by Gasteiger charge is -2.15. The van der Waals surface area contributed by atoms with Crippen LogP contribution >= 0.6 is 11.6 Å². The molecule has 0 radical (unpaired) electrons. The molecule has 0 N–H and O–H groups in total. The standard InChI is InChI=1S/C12H6ClFN2O3/c13-7-1-2-8(14)10-9(7)11(17)12(18)16(10)4-6-3-15-19-5-6/h1-3,5H,4H2. The van der Waals surface area contributed by atoms with Gasteiger partial charge in [-0.2, -0.15) is 0 Å². The second-order valence-electron chi connectivity index (χ2n) is 4.01. The molecule has 1 aliphatic heterocycles. The molecule has 1 aromatic carbocycles. The van der Waals surface area contributed by atoms with Crippen molar-refractivity contribution in [3.8, 4) is 0 Å². The molecule has 2 heterocycles. The molecule has 19 heavy (non-hydrogen) atoms. The van der Waals surface area contributed by atoms with Crippen LogP contribution in [0, 0.1) is 5.82 Å². The van der Waals surface area contributed by atoms with Crippen molar-refractivity contribution in [2.24, 2.45) is 0 Å². The summed E-state index contributed by atoms with van der Waals surface area (Å²) >= 11 is 5.85. The third-order valence-electron chi connectivity index (χ3n) is 2.84. The molecular weight excluding hydrogens is 275 g/mol. The van der Waals surface area contributed by atoms with Crippen molar-refractivity contribution in [2.45, 2.75) is 6.54 Å². The summed E-state index contributed by atoms with van der Waals surface area (Å²) in [7, 11) is 0. The molecule has 2 aromatic rings. The van der Waals surface area contributed by atoms with Crippen LogP contribution in [0.15, 0.2) is 29.1 Å². The number of hydrogen-bond donors (Lipinski definition) is 0. The fourth-order valence-corrected chi connectivity index (χ4v) is 2.23. The minimum Gasteiger partial charge on any atom is -0.364 e. The molecule has 0 bridgehead atoms. The van der Waals surface area contributed by atoms with Gasteiger partial charge in [-0.1, -0.05) is 16.8 Å². The molecule has 7 heteroatoms. The summed E-state index contributed by atoms with van der Waals surface area (Å²) in [6, 6.07) is 2.37. The number of benzene rings is 1. The number of ketones is 1. The highest BCUT2D eigenvalue weighted by molar-refractivity contribution is 6.55. The van der Waals surface area contributed by atoms with Gasteiger partial charge in [0, 0.05) is 5.56 Å². The van der Waals surface area contributed by atoms with Crippen molar-refractivity contribution in [2.75, 3.05) is 4.90 Å². The Kier molecular flexibility index (Phi) is 2.60. The van der Waals surface area contributed by atoms with Gasteiger partial charge in [0.05, 0.1) is 29.0 Å². The van der Waals surface area contributed by atoms with E-state index in [-0.39, 0.29) is 22.8 Å². The van der Waals surface area contributed by atoms with Gasteiger partial charge in [0.2, 0.25) is 0 Å². The first-order chi connectivity index (χ1) is 9.09. The quantitative estimate of drug-likeness (QED) is 0.791. The lowest BCUT2D eigenvalue weighted by atomic mass is 10.1. The third-order valence-corrected chi connectivity index (χ3v) is 3.15. The average molecular weight is 281 g/mol. The highest BCUT2D eigenvalue weighted by Gasteiger charge is 2.39. The van der Waals surface area contributed by atoms with Gasteiger partial charge >= 0.3 is 0 Å². The van der Waals surface area contributed by atoms with Crippen LogP contribution in [-0.2, 0) is 11.3 Å². The molecule has 0 saturated carbocycles. The van der Waals surface area contributed by atoms with Crippen LogP contribution in [0.3, 0.4) is 0 Å². The molecule has 3 rings (SSSR count). The highest BCUT2D eigenvalue weighted by atomic mass is 35.5. The number of anilines is 1. The van der Waals surface area contributed by atoms with Gasteiger partial charge in [0.1, 0.15) is 12.1 Å². The fraction of sp³-hybridized carbons (Fsp3) is 0.0833. The molecule has 0 fully saturated rings. The molecule has 1 aliphatic rings. The normalized spacial score (nSPS) is 14.1. The minimum absolute atomic E-state index is 0.00165. The summed E-state index contributed by atoms with van der Waals surface area (Å²) in [5.41, 5.74) is 0.361. The Morgan fingerprint density at radius 3 is 2.84 bits per heavy atom. The fourth-order valence-electron chi connectivity index (χ4n) is 1.99. The van der Waals surface area contributed by atoms with Crippen molar-refractivity contribution in [1.82, 2.24) is 5.16 Å². The van der Waals surface area contributed by atoms with Gasteiger partial charge in [0.15, 0.2) is 0 Å². The topological polar surface area (TPSA) is 63.4 Å². The molecular formula is C12H6ClFN2O3. The second-order valence-corrected chi connectivity index (χ2v) is 4.41. The number of aromatic nitrogens is 1. The van der Waals surface area contributed by atoms with Crippen molar-refractivity contribution < 1.29 is 18.5 Å². The largest absolute Gasteiger partial charge is 0.364 e. The van der Waals surface area contributed by atoms with Crippen LogP contribution in [0.1, 0.15) is 15.9 Å². The van der Waals surface area contributed by atoms with E-state index in [9.17, 15) is 14.0 Å². The third kappa shape index (κ3) is 1.72. The molecule has 0 spiro atoms. The summed E-state index contributed by atoms with van der Waals surface area (Å²) in [6.45, 7) is -0.00165. The number of Topliss-reactive ketones (excluding diaryl/α,β-unsaturated/α-hetero) is 1. The summed E-state index contributed by atoms with van der Waals surface area (Å²) in [4.78, 5) is 24.8. The molecule has 0 saturated heterocycles. The maximum atomic E-state index is 13.9. The maximum Gasteiger partial charge on any atom is 0.299 e. The van der Waals surface area contributed by atoms with E-state index in [4.69, 9.17) is 11.6 Å². The SMILES string of the molecule is O=C1C(=O)N(Cc2cnoc2)c2c(F)ccc(Cl)c21. The first kappa shape index (κ1) is 11.9. The second kappa shape index (κ2) is 4.17. The lowest BCUT2D eigenvalue weighted by molar-refractivity contribution is -0.114. The molecule has 1 aromatic heterocycles. The Balaban J connectivity index is 2.12. The zero-order valence-corrected chi connectivity index (χ0v) is 10.1. The smallest absolute Gasteiger partial charge is 0.299 e. The molecule has 5 nitrogen and oxygen atoms in total. The Bertz CT molecular complexity index is 685. The van der Waals surface area contributed by atoms with Crippen LogP contribution < -0.4 is 4.90 Å². The Labute approximate surface area is 111 Å². The van der Waals surface area contributed by atoms with Gasteiger partial charge in [-0.3, -0.25) is 14.5 Å². The molecule has 0 atom stereocenters. The predicted molar refractivity (Wildman–Crippen MR) is 63.4 cm³/mol. The Morgan fingerprint density at radius 1 is 1.37 bits per heavy atom. The maximum absolute atomic E-state index is 13.9. The Hall–Kier alpha value is -2.21. The van der Waals surface area contributed by atoms with Crippen LogP contribution in [0.4, 0.5) is 10.1 Å². The number of rotatable bonds is 2. The monoisotopic (exact) mass is 280 g/mol. The average Bonchev–Trinajstić information content (AvgIpc) is 2.97. The van der Waals surface area contributed by atoms with Crippen LogP contribution in [-0.4, -0.2) is 16.8 Å². The van der Waals surface area contributed by atoms with Crippen molar-refractivity contribution in [3.63, 3.8) is 0 Å². The summed E-state index contributed by atoms with van der Waals surface area (Å²) < 4.78 is 18.5. The first-order valence-electron chi connectivity index (χ1n) is 5.32. The van der Waals surface area contributed by atoms with E-state index in [0.717, 1.165) is 11.0 Å². The Morgan fingerprint density at radius 2 is 2.16 bits per heavy atom. The number of hydrogen-bond acceptors (Lipinski definition) is 4. The van der Waals surface area contributed by atoms with Crippen LogP contribution in [0.5, 0.6) is 0 Å². The molecule has 96 valence electrons. The summed E-state index contributed by atoms with van der Waals surface area (Å²) in [6.07, 6.45) is 2.70. The number of halogens is 2. The van der Waals surface area contributed by atoms with Crippen LogP contribution in [0.2, 0.25) is 5.02 Å². The van der Waals surface area contributed by atoms with E-state index in [1.54, 1.807) is 0 Å². The summed E-state index contributed by atoms with van der Waals surface area (Å²) in [5, 5.41) is 3.54. The molecule has 0 aliphatic carbocycles. The first-order valence-corrected chi connectivity index (χ1v) is 5.70. The number of amides is 1. The van der Waals surface area contributed by atoms with E-state index in [1.165, 1.54) is 18.5 Å².